The van der Waals surface area contributed by atoms with Gasteiger partial charge in [-0.1, -0.05) is 6.07 Å². The largest absolute Gasteiger partial charge is 0.351 e. The predicted molar refractivity (Wildman–Crippen MR) is 84.4 cm³/mol. The third-order valence-electron chi connectivity index (χ3n) is 5.58. The van der Waals surface area contributed by atoms with E-state index in [0.717, 1.165) is 11.3 Å². The standard InChI is InChI=1S/C17H18N4O3/c1-11-3-2-4-14-18-12(10-20(11)14)16(23)19-6-5-17-13(19)9-15(22)21(17)7-8-24-17/h2-4,10,13H,5-9H2,1H3/t13-,17+/m1/s1. The molecule has 0 saturated carbocycles. The van der Waals surface area contributed by atoms with Gasteiger partial charge in [0.05, 0.1) is 19.1 Å². The number of aromatic nitrogens is 2. The van der Waals surface area contributed by atoms with Crippen molar-refractivity contribution in [2.24, 2.45) is 0 Å². The van der Waals surface area contributed by atoms with E-state index in [4.69, 9.17) is 4.74 Å². The number of nitrogens with zero attached hydrogens (tertiary/aromatic N) is 4. The minimum absolute atomic E-state index is 0.0841. The molecule has 3 saturated heterocycles. The fourth-order valence-corrected chi connectivity index (χ4v) is 4.43. The first-order chi connectivity index (χ1) is 11.6. The average Bonchev–Trinajstić information content (AvgIpc) is 3.28. The SMILES string of the molecule is Cc1cccc2nc(C(=O)N3CC[C@@]45OCCN4C(=O)C[C@@H]35)cn12. The molecule has 5 heterocycles. The predicted octanol–water partition coefficient (Wildman–Crippen LogP) is 0.816. The molecule has 0 aromatic carbocycles. The van der Waals surface area contributed by atoms with Gasteiger partial charge in [-0.25, -0.2) is 4.98 Å². The van der Waals surface area contributed by atoms with Crippen molar-refractivity contribution in [1.29, 1.82) is 0 Å². The summed E-state index contributed by atoms with van der Waals surface area (Å²) in [4.78, 5) is 33.3. The van der Waals surface area contributed by atoms with Crippen LogP contribution in [0.15, 0.2) is 24.4 Å². The summed E-state index contributed by atoms with van der Waals surface area (Å²) in [6, 6.07) is 5.59. The molecule has 5 rings (SSSR count). The van der Waals surface area contributed by atoms with Crippen molar-refractivity contribution in [3.05, 3.63) is 35.8 Å². The van der Waals surface area contributed by atoms with Crippen molar-refractivity contribution >= 4 is 17.5 Å². The number of hydrogen-bond donors (Lipinski definition) is 0. The third-order valence-corrected chi connectivity index (χ3v) is 5.58. The highest BCUT2D eigenvalue weighted by atomic mass is 16.5. The maximum Gasteiger partial charge on any atom is 0.274 e. The molecule has 124 valence electrons. The molecule has 3 aliphatic rings. The Morgan fingerprint density at radius 2 is 2.25 bits per heavy atom. The van der Waals surface area contributed by atoms with E-state index in [-0.39, 0.29) is 17.9 Å². The second-order valence-electron chi connectivity index (χ2n) is 6.73. The molecule has 2 atom stereocenters. The molecule has 0 radical (unpaired) electrons. The molecule has 2 aromatic rings. The lowest BCUT2D eigenvalue weighted by atomic mass is 10.1. The Hall–Kier alpha value is -2.41. The zero-order chi connectivity index (χ0) is 16.5. The van der Waals surface area contributed by atoms with Gasteiger partial charge in [-0.2, -0.15) is 0 Å². The molecule has 0 aliphatic carbocycles. The van der Waals surface area contributed by atoms with Gasteiger partial charge in [0.15, 0.2) is 5.72 Å². The molecule has 2 amide bonds. The summed E-state index contributed by atoms with van der Waals surface area (Å²) in [5.74, 6) is -0.0361. The van der Waals surface area contributed by atoms with Crippen molar-refractivity contribution in [3.63, 3.8) is 0 Å². The van der Waals surface area contributed by atoms with Crippen molar-refractivity contribution in [3.8, 4) is 0 Å². The second kappa shape index (κ2) is 4.57. The van der Waals surface area contributed by atoms with Crippen molar-refractivity contribution in [2.75, 3.05) is 19.7 Å². The molecule has 7 heteroatoms. The van der Waals surface area contributed by atoms with Crippen LogP contribution in [0.25, 0.3) is 5.65 Å². The normalized spacial score (nSPS) is 28.7. The van der Waals surface area contributed by atoms with Gasteiger partial charge >= 0.3 is 0 Å². The van der Waals surface area contributed by atoms with Gasteiger partial charge in [0, 0.05) is 31.4 Å². The summed E-state index contributed by atoms with van der Waals surface area (Å²) in [5.41, 5.74) is 1.61. The first-order valence-electron chi connectivity index (χ1n) is 8.30. The van der Waals surface area contributed by atoms with E-state index < -0.39 is 5.72 Å². The molecule has 7 nitrogen and oxygen atoms in total. The zero-order valence-corrected chi connectivity index (χ0v) is 13.4. The van der Waals surface area contributed by atoms with Crippen molar-refractivity contribution < 1.29 is 14.3 Å². The van der Waals surface area contributed by atoms with Gasteiger partial charge in [-0.05, 0) is 19.1 Å². The number of fused-ring (bicyclic) bond motifs is 1. The van der Waals surface area contributed by atoms with Gasteiger partial charge in [-0.3, -0.25) is 9.59 Å². The van der Waals surface area contributed by atoms with E-state index in [1.165, 1.54) is 0 Å². The lowest BCUT2D eigenvalue weighted by molar-refractivity contribution is -0.136. The van der Waals surface area contributed by atoms with Crippen LogP contribution in [-0.2, 0) is 9.53 Å². The Kier molecular flexibility index (Phi) is 2.66. The quantitative estimate of drug-likeness (QED) is 0.778. The summed E-state index contributed by atoms with van der Waals surface area (Å²) < 4.78 is 7.85. The minimum Gasteiger partial charge on any atom is -0.351 e. The number of hydrogen-bond acceptors (Lipinski definition) is 4. The van der Waals surface area contributed by atoms with Crippen LogP contribution in [0.4, 0.5) is 0 Å². The maximum absolute atomic E-state index is 13.0. The van der Waals surface area contributed by atoms with E-state index in [1.54, 1.807) is 11.1 Å². The van der Waals surface area contributed by atoms with E-state index in [2.05, 4.69) is 4.98 Å². The Morgan fingerprint density at radius 3 is 3.08 bits per heavy atom. The number of imidazole rings is 1. The highest BCUT2D eigenvalue weighted by Crippen LogP contribution is 2.45. The van der Waals surface area contributed by atoms with Crippen LogP contribution >= 0.6 is 0 Å². The number of ether oxygens (including phenoxy) is 1. The highest BCUT2D eigenvalue weighted by molar-refractivity contribution is 5.94. The van der Waals surface area contributed by atoms with Crippen LogP contribution in [0.5, 0.6) is 0 Å². The lowest BCUT2D eigenvalue weighted by Crippen LogP contribution is -2.48. The number of rotatable bonds is 1. The third kappa shape index (κ3) is 1.62. The van der Waals surface area contributed by atoms with Gasteiger partial charge in [0.1, 0.15) is 11.3 Å². The summed E-state index contributed by atoms with van der Waals surface area (Å²) in [6.45, 7) is 3.76. The number of amides is 2. The van der Waals surface area contributed by atoms with Gasteiger partial charge in [-0.15, -0.1) is 0 Å². The first kappa shape index (κ1) is 14.0. The Bertz CT molecular complexity index is 876. The van der Waals surface area contributed by atoms with Crippen LogP contribution in [0, 0.1) is 6.92 Å². The molecule has 0 unspecified atom stereocenters. The topological polar surface area (TPSA) is 67.2 Å². The highest BCUT2D eigenvalue weighted by Gasteiger charge is 2.63. The van der Waals surface area contributed by atoms with Crippen LogP contribution in [0.3, 0.4) is 0 Å². The molecule has 0 N–H and O–H groups in total. The number of carbonyl (C=O) groups excluding carboxylic acids is 2. The van der Waals surface area contributed by atoms with Gasteiger partial charge in [0.2, 0.25) is 5.91 Å². The Morgan fingerprint density at radius 1 is 1.38 bits per heavy atom. The second-order valence-corrected chi connectivity index (χ2v) is 6.73. The molecular formula is C17H18N4O3. The summed E-state index contributed by atoms with van der Waals surface area (Å²) in [6.07, 6.45) is 2.81. The summed E-state index contributed by atoms with van der Waals surface area (Å²) >= 11 is 0. The molecule has 2 aromatic heterocycles. The monoisotopic (exact) mass is 326 g/mol. The molecule has 3 aliphatic heterocycles. The van der Waals surface area contributed by atoms with E-state index in [0.29, 0.717) is 38.2 Å². The van der Waals surface area contributed by atoms with E-state index in [9.17, 15) is 9.59 Å². The fourth-order valence-electron chi connectivity index (χ4n) is 4.43. The minimum atomic E-state index is -0.595. The lowest BCUT2D eigenvalue weighted by Gasteiger charge is -2.31. The summed E-state index contributed by atoms with van der Waals surface area (Å²) in [7, 11) is 0. The van der Waals surface area contributed by atoms with Crippen LogP contribution in [-0.4, -0.2) is 62.5 Å². The molecule has 0 bridgehead atoms. The zero-order valence-electron chi connectivity index (χ0n) is 13.4. The van der Waals surface area contributed by atoms with Crippen molar-refractivity contribution in [2.45, 2.75) is 31.5 Å². The fraction of sp³-hybridized carbons (Fsp3) is 0.471. The van der Waals surface area contributed by atoms with Crippen LogP contribution in [0.2, 0.25) is 0 Å². The molecular weight excluding hydrogens is 308 g/mol. The molecule has 24 heavy (non-hydrogen) atoms. The molecule has 1 spiro atoms. The first-order valence-corrected chi connectivity index (χ1v) is 8.30. The van der Waals surface area contributed by atoms with Gasteiger partial charge < -0.3 is 18.9 Å². The van der Waals surface area contributed by atoms with Crippen molar-refractivity contribution in [1.82, 2.24) is 19.2 Å². The van der Waals surface area contributed by atoms with E-state index >= 15 is 0 Å². The maximum atomic E-state index is 13.0. The Balaban J connectivity index is 1.51. The van der Waals surface area contributed by atoms with Crippen LogP contribution < -0.4 is 0 Å². The summed E-state index contributed by atoms with van der Waals surface area (Å²) in [5, 5.41) is 0. The number of likely N-dealkylation sites (tertiary alicyclic amines) is 1. The number of carbonyl (C=O) groups is 2. The number of pyridine rings is 1. The van der Waals surface area contributed by atoms with E-state index in [1.807, 2.05) is 34.4 Å². The van der Waals surface area contributed by atoms with Gasteiger partial charge in [0.25, 0.3) is 5.91 Å². The molecule has 3 fully saturated rings. The Labute approximate surface area is 138 Å². The average molecular weight is 326 g/mol. The van der Waals surface area contributed by atoms with Crippen LogP contribution in [0.1, 0.15) is 29.0 Å². The smallest absolute Gasteiger partial charge is 0.274 e. The number of aryl methyl sites for hydroxylation is 1.